The van der Waals surface area contributed by atoms with Crippen LogP contribution in [0.3, 0.4) is 0 Å². The minimum absolute atomic E-state index is 0.0496. The van der Waals surface area contributed by atoms with Gasteiger partial charge in [0.2, 0.25) is 0 Å². The number of benzene rings is 1. The van der Waals surface area contributed by atoms with Crippen LogP contribution in [0.5, 0.6) is 0 Å². The summed E-state index contributed by atoms with van der Waals surface area (Å²) in [4.78, 5) is 30.0. The second kappa shape index (κ2) is 8.31. The standard InChI is InChI=1S/C17H20ClN3O3S/c1-10(2)21(8-15-20-14(9-25-15)16(22)24-4)17(23)19-12-6-5-11(3)13(18)7-12/h5-7,9-10H,8H2,1-4H3,(H,19,23). The molecule has 6 nitrogen and oxygen atoms in total. The van der Waals surface area contributed by atoms with Crippen LogP contribution in [0.15, 0.2) is 23.6 Å². The zero-order valence-electron chi connectivity index (χ0n) is 14.5. The van der Waals surface area contributed by atoms with Gasteiger partial charge < -0.3 is 15.0 Å². The first kappa shape index (κ1) is 19.2. The SMILES string of the molecule is COC(=O)c1csc(CN(C(=O)Nc2ccc(C)c(Cl)c2)C(C)C)n1. The van der Waals surface area contributed by atoms with E-state index in [1.807, 2.05) is 26.8 Å². The lowest BCUT2D eigenvalue weighted by Crippen LogP contribution is -2.39. The van der Waals surface area contributed by atoms with Crippen molar-refractivity contribution in [2.24, 2.45) is 0 Å². The molecule has 2 amide bonds. The summed E-state index contributed by atoms with van der Waals surface area (Å²) in [5, 5.41) is 5.72. The van der Waals surface area contributed by atoms with Crippen molar-refractivity contribution in [1.82, 2.24) is 9.88 Å². The number of thiazole rings is 1. The van der Waals surface area contributed by atoms with Crippen LogP contribution in [0.2, 0.25) is 5.02 Å². The van der Waals surface area contributed by atoms with Gasteiger partial charge in [-0.05, 0) is 38.5 Å². The Kier molecular flexibility index (Phi) is 6.39. The quantitative estimate of drug-likeness (QED) is 0.782. The molecule has 1 heterocycles. The van der Waals surface area contributed by atoms with E-state index >= 15 is 0 Å². The van der Waals surface area contributed by atoms with Gasteiger partial charge in [-0.25, -0.2) is 14.6 Å². The van der Waals surface area contributed by atoms with E-state index in [0.29, 0.717) is 22.3 Å². The highest BCUT2D eigenvalue weighted by Crippen LogP contribution is 2.21. The van der Waals surface area contributed by atoms with Gasteiger partial charge in [0.1, 0.15) is 5.01 Å². The van der Waals surface area contributed by atoms with Crippen molar-refractivity contribution in [2.75, 3.05) is 12.4 Å². The highest BCUT2D eigenvalue weighted by atomic mass is 35.5. The number of ether oxygens (including phenoxy) is 1. The molecule has 0 spiro atoms. The Morgan fingerprint density at radius 3 is 2.72 bits per heavy atom. The van der Waals surface area contributed by atoms with E-state index < -0.39 is 5.97 Å². The molecule has 134 valence electrons. The molecule has 8 heteroatoms. The van der Waals surface area contributed by atoms with Gasteiger partial charge in [-0.1, -0.05) is 17.7 Å². The second-order valence-corrected chi connectivity index (χ2v) is 7.08. The number of nitrogens with one attached hydrogen (secondary N) is 1. The molecule has 1 N–H and O–H groups in total. The number of anilines is 1. The Morgan fingerprint density at radius 2 is 2.12 bits per heavy atom. The van der Waals surface area contributed by atoms with Gasteiger partial charge in [0.15, 0.2) is 5.69 Å². The number of aryl methyl sites for hydroxylation is 1. The summed E-state index contributed by atoms with van der Waals surface area (Å²) in [6.07, 6.45) is 0. The maximum atomic E-state index is 12.6. The molecule has 1 aromatic heterocycles. The van der Waals surface area contributed by atoms with Gasteiger partial charge in [-0.15, -0.1) is 11.3 Å². The molecule has 2 rings (SSSR count). The van der Waals surface area contributed by atoms with Gasteiger partial charge in [0.25, 0.3) is 0 Å². The van der Waals surface area contributed by atoms with Crippen molar-refractivity contribution in [3.05, 3.63) is 44.9 Å². The number of esters is 1. The molecule has 0 aliphatic rings. The van der Waals surface area contributed by atoms with Crippen LogP contribution in [-0.4, -0.2) is 35.0 Å². The summed E-state index contributed by atoms with van der Waals surface area (Å²) in [5.41, 5.74) is 1.82. The molecule has 0 saturated heterocycles. The molecule has 0 aliphatic heterocycles. The average molecular weight is 382 g/mol. The number of carbonyl (C=O) groups excluding carboxylic acids is 2. The summed E-state index contributed by atoms with van der Waals surface area (Å²) in [5.74, 6) is -0.489. The minimum atomic E-state index is -0.489. The first-order valence-corrected chi connectivity index (χ1v) is 8.94. The number of rotatable bonds is 5. The first-order valence-electron chi connectivity index (χ1n) is 7.68. The Labute approximate surface area is 155 Å². The predicted molar refractivity (Wildman–Crippen MR) is 99.3 cm³/mol. The van der Waals surface area contributed by atoms with E-state index in [0.717, 1.165) is 5.56 Å². The molecule has 1 aromatic carbocycles. The summed E-state index contributed by atoms with van der Waals surface area (Å²) >= 11 is 7.41. The number of nitrogens with zero attached hydrogens (tertiary/aromatic N) is 2. The predicted octanol–water partition coefficient (Wildman–Crippen LogP) is 4.33. The van der Waals surface area contributed by atoms with Crippen molar-refractivity contribution in [1.29, 1.82) is 0 Å². The van der Waals surface area contributed by atoms with E-state index in [4.69, 9.17) is 11.6 Å². The van der Waals surface area contributed by atoms with E-state index in [-0.39, 0.29) is 17.8 Å². The third kappa shape index (κ3) is 4.93. The first-order chi connectivity index (χ1) is 11.8. The number of hydrogen-bond acceptors (Lipinski definition) is 5. The number of hydrogen-bond donors (Lipinski definition) is 1. The van der Waals surface area contributed by atoms with Gasteiger partial charge in [0.05, 0.1) is 13.7 Å². The number of carbonyl (C=O) groups is 2. The summed E-state index contributed by atoms with van der Waals surface area (Å²) < 4.78 is 4.65. The lowest BCUT2D eigenvalue weighted by atomic mass is 10.2. The number of urea groups is 1. The van der Waals surface area contributed by atoms with E-state index in [9.17, 15) is 9.59 Å². The third-order valence-corrected chi connectivity index (χ3v) is 4.80. The molecule has 0 unspecified atom stereocenters. The zero-order chi connectivity index (χ0) is 18.6. The summed E-state index contributed by atoms with van der Waals surface area (Å²) in [7, 11) is 1.31. The number of aromatic nitrogens is 1. The maximum absolute atomic E-state index is 12.6. The molecule has 0 radical (unpaired) electrons. The largest absolute Gasteiger partial charge is 0.464 e. The molecule has 0 fully saturated rings. The Balaban J connectivity index is 2.11. The van der Waals surface area contributed by atoms with E-state index in [2.05, 4.69) is 15.0 Å². The van der Waals surface area contributed by atoms with Gasteiger partial charge in [-0.2, -0.15) is 0 Å². The molecule has 0 bridgehead atoms. The van der Waals surface area contributed by atoms with Crippen LogP contribution >= 0.6 is 22.9 Å². The second-order valence-electron chi connectivity index (χ2n) is 5.73. The van der Waals surface area contributed by atoms with Crippen LogP contribution in [-0.2, 0) is 11.3 Å². The molecule has 0 saturated carbocycles. The van der Waals surface area contributed by atoms with Gasteiger partial charge in [-0.3, -0.25) is 0 Å². The topological polar surface area (TPSA) is 71.5 Å². The fourth-order valence-electron chi connectivity index (χ4n) is 2.08. The third-order valence-electron chi connectivity index (χ3n) is 3.56. The van der Waals surface area contributed by atoms with Crippen molar-refractivity contribution < 1.29 is 14.3 Å². The molecular weight excluding hydrogens is 362 g/mol. The molecule has 0 atom stereocenters. The monoisotopic (exact) mass is 381 g/mol. The minimum Gasteiger partial charge on any atom is -0.464 e. The van der Waals surface area contributed by atoms with Crippen LogP contribution in [0.25, 0.3) is 0 Å². The Morgan fingerprint density at radius 1 is 1.40 bits per heavy atom. The van der Waals surface area contributed by atoms with Crippen molar-refractivity contribution >= 4 is 40.6 Å². The van der Waals surface area contributed by atoms with Gasteiger partial charge >= 0.3 is 12.0 Å². The lowest BCUT2D eigenvalue weighted by molar-refractivity contribution is 0.0594. The maximum Gasteiger partial charge on any atom is 0.357 e. The average Bonchev–Trinajstić information content (AvgIpc) is 3.03. The summed E-state index contributed by atoms with van der Waals surface area (Å²) in [6, 6.07) is 5.06. The normalized spacial score (nSPS) is 10.6. The molecule has 2 aromatic rings. The summed E-state index contributed by atoms with van der Waals surface area (Å²) in [6.45, 7) is 6.02. The van der Waals surface area contributed by atoms with Crippen LogP contribution in [0, 0.1) is 6.92 Å². The molecule has 25 heavy (non-hydrogen) atoms. The van der Waals surface area contributed by atoms with Crippen molar-refractivity contribution in [2.45, 2.75) is 33.4 Å². The number of amides is 2. The van der Waals surface area contributed by atoms with Crippen LogP contribution in [0.4, 0.5) is 10.5 Å². The Hall–Kier alpha value is -2.12. The molecule has 0 aliphatic carbocycles. The van der Waals surface area contributed by atoms with Crippen LogP contribution < -0.4 is 5.32 Å². The smallest absolute Gasteiger partial charge is 0.357 e. The number of halogens is 1. The van der Waals surface area contributed by atoms with Crippen molar-refractivity contribution in [3.8, 4) is 0 Å². The fourth-order valence-corrected chi connectivity index (χ4v) is 3.02. The lowest BCUT2D eigenvalue weighted by Gasteiger charge is -2.26. The highest BCUT2D eigenvalue weighted by molar-refractivity contribution is 7.09. The van der Waals surface area contributed by atoms with Crippen molar-refractivity contribution in [3.63, 3.8) is 0 Å². The fraction of sp³-hybridized carbons (Fsp3) is 0.353. The Bertz CT molecular complexity index is 776. The molecular formula is C17H20ClN3O3S. The highest BCUT2D eigenvalue weighted by Gasteiger charge is 2.20. The van der Waals surface area contributed by atoms with Crippen LogP contribution in [0.1, 0.15) is 34.9 Å². The van der Waals surface area contributed by atoms with E-state index in [1.54, 1.807) is 22.4 Å². The number of methoxy groups -OCH3 is 1. The van der Waals surface area contributed by atoms with E-state index in [1.165, 1.54) is 18.4 Å². The van der Waals surface area contributed by atoms with Gasteiger partial charge in [0, 0.05) is 22.1 Å². The zero-order valence-corrected chi connectivity index (χ0v) is 16.1.